The summed E-state index contributed by atoms with van der Waals surface area (Å²) in [6.07, 6.45) is 6.04. The lowest BCUT2D eigenvalue weighted by Gasteiger charge is -2.22. The summed E-state index contributed by atoms with van der Waals surface area (Å²) in [4.78, 5) is 15.7. The van der Waals surface area contributed by atoms with Crippen LogP contribution in [0.3, 0.4) is 0 Å². The second kappa shape index (κ2) is 9.60. The first-order valence-corrected chi connectivity index (χ1v) is 12.7. The largest absolute Gasteiger partial charge is 0.339 e. The molecule has 29 heavy (non-hydrogen) atoms. The van der Waals surface area contributed by atoms with Crippen molar-refractivity contribution in [3.63, 3.8) is 0 Å². The molecule has 1 N–H and O–H groups in total. The molecule has 3 rings (SSSR count). The number of amides is 1. The summed E-state index contributed by atoms with van der Waals surface area (Å²) in [6, 6.07) is 9.14. The Hall–Kier alpha value is -1.41. The van der Waals surface area contributed by atoms with Crippen molar-refractivity contribution in [2.45, 2.75) is 35.5 Å². The molecule has 1 amide bonds. The van der Waals surface area contributed by atoms with Gasteiger partial charge in [-0.3, -0.25) is 9.52 Å². The number of carbonyl (C=O) groups excluding carboxylic acids is 1. The van der Waals surface area contributed by atoms with E-state index in [1.165, 1.54) is 42.1 Å². The number of rotatable bonds is 5. The maximum Gasteiger partial charge on any atom is 0.261 e. The van der Waals surface area contributed by atoms with E-state index in [4.69, 9.17) is 23.2 Å². The Morgan fingerprint density at radius 3 is 2.31 bits per heavy atom. The Morgan fingerprint density at radius 1 is 1.00 bits per heavy atom. The molecule has 0 aromatic heterocycles. The van der Waals surface area contributed by atoms with Gasteiger partial charge >= 0.3 is 0 Å². The number of likely N-dealkylation sites (tertiary alicyclic amines) is 1. The first kappa shape index (κ1) is 22.3. The molecule has 0 atom stereocenters. The highest BCUT2D eigenvalue weighted by atomic mass is 35.5. The van der Waals surface area contributed by atoms with E-state index in [1.807, 2.05) is 11.2 Å². The van der Waals surface area contributed by atoms with Gasteiger partial charge in [0, 0.05) is 18.0 Å². The Bertz CT molecular complexity index is 1000. The fourth-order valence-electron chi connectivity index (χ4n) is 3.24. The van der Waals surface area contributed by atoms with Crippen LogP contribution in [0.15, 0.2) is 46.2 Å². The van der Waals surface area contributed by atoms with Gasteiger partial charge in [-0.05, 0) is 55.5 Å². The molecule has 2 aromatic carbocycles. The number of benzene rings is 2. The standard InChI is InChI=1S/C20H22Cl2N2O3S2/c1-28-19-9-7-15(13-16(19)20(25)24-10-4-2-3-5-11-24)29(26,27)23-14-6-8-17(21)18(22)12-14/h6-9,12-13,23H,2-5,10-11H2,1H3. The minimum Gasteiger partial charge on any atom is -0.339 e. The Kier molecular flexibility index (Phi) is 7.37. The molecule has 0 aliphatic carbocycles. The van der Waals surface area contributed by atoms with Crippen molar-refractivity contribution in [2.24, 2.45) is 0 Å². The third-order valence-corrected chi connectivity index (χ3v) is 7.69. The molecule has 0 saturated carbocycles. The number of nitrogens with zero attached hydrogens (tertiary/aromatic N) is 1. The summed E-state index contributed by atoms with van der Waals surface area (Å²) in [5, 5.41) is 0.589. The van der Waals surface area contributed by atoms with Crippen molar-refractivity contribution < 1.29 is 13.2 Å². The molecule has 1 aliphatic rings. The van der Waals surface area contributed by atoms with Gasteiger partial charge in [0.25, 0.3) is 15.9 Å². The maximum absolute atomic E-state index is 13.1. The van der Waals surface area contributed by atoms with Gasteiger partial charge in [0.1, 0.15) is 0 Å². The zero-order valence-corrected chi connectivity index (χ0v) is 19.1. The van der Waals surface area contributed by atoms with Crippen LogP contribution in [-0.2, 0) is 10.0 Å². The number of halogens is 2. The van der Waals surface area contributed by atoms with E-state index in [1.54, 1.807) is 6.07 Å². The quantitative estimate of drug-likeness (QED) is 0.580. The normalized spacial score (nSPS) is 15.1. The van der Waals surface area contributed by atoms with Crippen LogP contribution in [0.25, 0.3) is 0 Å². The highest BCUT2D eigenvalue weighted by molar-refractivity contribution is 7.98. The molecule has 1 fully saturated rings. The highest BCUT2D eigenvalue weighted by Crippen LogP contribution is 2.29. The first-order chi connectivity index (χ1) is 13.8. The van der Waals surface area contributed by atoms with Crippen molar-refractivity contribution in [3.05, 3.63) is 52.0 Å². The Morgan fingerprint density at radius 2 is 1.69 bits per heavy atom. The summed E-state index contributed by atoms with van der Waals surface area (Å²) in [5.74, 6) is -0.122. The van der Waals surface area contributed by atoms with Crippen molar-refractivity contribution in [1.29, 1.82) is 0 Å². The summed E-state index contributed by atoms with van der Waals surface area (Å²) in [5.41, 5.74) is 0.713. The monoisotopic (exact) mass is 472 g/mol. The van der Waals surface area contributed by atoms with E-state index in [-0.39, 0.29) is 15.8 Å². The van der Waals surface area contributed by atoms with Crippen LogP contribution in [0.2, 0.25) is 10.0 Å². The summed E-state index contributed by atoms with van der Waals surface area (Å²) < 4.78 is 28.3. The van der Waals surface area contributed by atoms with Crippen LogP contribution in [0.1, 0.15) is 36.0 Å². The molecular formula is C20H22Cl2N2O3S2. The number of thioether (sulfide) groups is 1. The van der Waals surface area contributed by atoms with Gasteiger partial charge in [0.2, 0.25) is 0 Å². The van der Waals surface area contributed by atoms with E-state index in [2.05, 4.69) is 4.72 Å². The van der Waals surface area contributed by atoms with Gasteiger partial charge in [0.05, 0.1) is 26.2 Å². The third-order valence-electron chi connectivity index (χ3n) is 4.78. The fraction of sp³-hybridized carbons (Fsp3) is 0.350. The molecule has 0 spiro atoms. The molecule has 9 heteroatoms. The minimum absolute atomic E-state index is 0.0274. The average Bonchev–Trinajstić information content (AvgIpc) is 2.99. The topological polar surface area (TPSA) is 66.5 Å². The summed E-state index contributed by atoms with van der Waals surface area (Å²) in [6.45, 7) is 1.40. The highest BCUT2D eigenvalue weighted by Gasteiger charge is 2.23. The number of carbonyl (C=O) groups is 1. The van der Waals surface area contributed by atoms with Gasteiger partial charge in [-0.15, -0.1) is 11.8 Å². The smallest absolute Gasteiger partial charge is 0.261 e. The van der Waals surface area contributed by atoms with Crippen LogP contribution >= 0.6 is 35.0 Å². The lowest BCUT2D eigenvalue weighted by atomic mass is 10.2. The van der Waals surface area contributed by atoms with E-state index < -0.39 is 10.0 Å². The number of hydrogen-bond acceptors (Lipinski definition) is 4. The van der Waals surface area contributed by atoms with E-state index in [0.717, 1.165) is 30.6 Å². The second-order valence-corrected chi connectivity index (χ2v) is 10.1. The number of hydrogen-bond donors (Lipinski definition) is 1. The van der Waals surface area contributed by atoms with E-state index in [9.17, 15) is 13.2 Å². The van der Waals surface area contributed by atoms with Gasteiger partial charge < -0.3 is 4.90 Å². The van der Waals surface area contributed by atoms with Gasteiger partial charge in [-0.1, -0.05) is 36.0 Å². The minimum atomic E-state index is -3.89. The van der Waals surface area contributed by atoms with Gasteiger partial charge in [0.15, 0.2) is 0 Å². The van der Waals surface area contributed by atoms with E-state index >= 15 is 0 Å². The molecular weight excluding hydrogens is 451 g/mol. The second-order valence-electron chi connectivity index (χ2n) is 6.80. The zero-order valence-electron chi connectivity index (χ0n) is 16.0. The molecule has 1 saturated heterocycles. The Balaban J connectivity index is 1.92. The lowest BCUT2D eigenvalue weighted by Crippen LogP contribution is -2.32. The van der Waals surface area contributed by atoms with Crippen LogP contribution in [-0.4, -0.2) is 38.6 Å². The predicted molar refractivity (Wildman–Crippen MR) is 120 cm³/mol. The van der Waals surface area contributed by atoms with Crippen molar-refractivity contribution >= 4 is 56.6 Å². The zero-order chi connectivity index (χ0) is 21.0. The lowest BCUT2D eigenvalue weighted by molar-refractivity contribution is 0.0758. The maximum atomic E-state index is 13.1. The molecule has 0 bridgehead atoms. The number of sulfonamides is 1. The summed E-state index contributed by atoms with van der Waals surface area (Å²) >= 11 is 13.3. The van der Waals surface area contributed by atoms with Gasteiger partial charge in [-0.2, -0.15) is 0 Å². The molecule has 156 valence electrons. The molecule has 5 nitrogen and oxygen atoms in total. The van der Waals surface area contributed by atoms with Crippen LogP contribution in [0.4, 0.5) is 5.69 Å². The van der Waals surface area contributed by atoms with Crippen LogP contribution in [0, 0.1) is 0 Å². The van der Waals surface area contributed by atoms with E-state index in [0.29, 0.717) is 29.4 Å². The number of anilines is 1. The first-order valence-electron chi connectivity index (χ1n) is 9.27. The SMILES string of the molecule is CSc1ccc(S(=O)(=O)Nc2ccc(Cl)c(Cl)c2)cc1C(=O)N1CCCCCC1. The average molecular weight is 473 g/mol. The van der Waals surface area contributed by atoms with Crippen LogP contribution in [0.5, 0.6) is 0 Å². The van der Waals surface area contributed by atoms with Crippen molar-refractivity contribution in [3.8, 4) is 0 Å². The fourth-order valence-corrected chi connectivity index (χ4v) is 5.18. The number of nitrogens with one attached hydrogen (secondary N) is 1. The molecule has 1 heterocycles. The molecule has 1 aliphatic heterocycles. The molecule has 0 radical (unpaired) electrons. The molecule has 2 aromatic rings. The predicted octanol–water partition coefficient (Wildman–Crippen LogP) is 5.53. The van der Waals surface area contributed by atoms with Crippen molar-refractivity contribution in [2.75, 3.05) is 24.1 Å². The summed E-state index contributed by atoms with van der Waals surface area (Å²) in [7, 11) is -3.89. The van der Waals surface area contributed by atoms with Crippen molar-refractivity contribution in [1.82, 2.24) is 4.90 Å². The third kappa shape index (κ3) is 5.40. The van der Waals surface area contributed by atoms with Crippen LogP contribution < -0.4 is 4.72 Å². The molecule has 0 unspecified atom stereocenters. The van der Waals surface area contributed by atoms with Gasteiger partial charge in [-0.25, -0.2) is 8.42 Å². The Labute approximate surface area is 185 Å².